The summed E-state index contributed by atoms with van der Waals surface area (Å²) in [5.74, 6) is 1.51. The Bertz CT molecular complexity index is 690. The number of carbonyl (C=O) groups excluding carboxylic acids is 1. The van der Waals surface area contributed by atoms with Crippen LogP contribution < -0.4 is 4.74 Å². The van der Waals surface area contributed by atoms with E-state index in [1.807, 2.05) is 41.5 Å². The fourth-order valence-corrected chi connectivity index (χ4v) is 4.92. The van der Waals surface area contributed by atoms with Crippen molar-refractivity contribution in [2.24, 2.45) is 0 Å². The molecule has 3 rings (SSSR count). The van der Waals surface area contributed by atoms with Crippen molar-refractivity contribution < 1.29 is 9.53 Å². The highest BCUT2D eigenvalue weighted by molar-refractivity contribution is 8.03. The van der Waals surface area contributed by atoms with Gasteiger partial charge in [0.2, 0.25) is 5.91 Å². The molecule has 1 aromatic carbocycles. The predicted molar refractivity (Wildman–Crippen MR) is 107 cm³/mol. The summed E-state index contributed by atoms with van der Waals surface area (Å²) < 4.78 is 7.54. The third-order valence-electron chi connectivity index (χ3n) is 4.03. The summed E-state index contributed by atoms with van der Waals surface area (Å²) in [5, 5.41) is 8.15. The van der Waals surface area contributed by atoms with Crippen molar-refractivity contribution in [3.63, 3.8) is 0 Å². The van der Waals surface area contributed by atoms with Crippen LogP contribution in [0.2, 0.25) is 0 Å². The lowest BCUT2D eigenvalue weighted by Crippen LogP contribution is -2.50. The minimum absolute atomic E-state index is 0.177. The maximum atomic E-state index is 12.4. The molecule has 0 aliphatic carbocycles. The van der Waals surface area contributed by atoms with E-state index in [0.29, 0.717) is 12.4 Å². The fourth-order valence-electron chi connectivity index (χ4n) is 2.58. The summed E-state index contributed by atoms with van der Waals surface area (Å²) in [5.41, 5.74) is 0. The number of rotatable bonds is 8. The molecule has 2 aromatic rings. The number of aromatic nitrogens is 2. The quantitative estimate of drug-likeness (QED) is 0.620. The molecule has 2 heterocycles. The van der Waals surface area contributed by atoms with E-state index < -0.39 is 0 Å². The molecule has 0 spiro atoms. The Hall–Kier alpha value is -1.29. The third kappa shape index (κ3) is 5.87. The van der Waals surface area contributed by atoms with Crippen LogP contribution in [-0.4, -0.2) is 77.2 Å². The first-order valence-corrected chi connectivity index (χ1v) is 11.5. The largest absolute Gasteiger partial charge is 0.492 e. The zero-order chi connectivity index (χ0) is 18.2. The Morgan fingerprint density at radius 3 is 2.58 bits per heavy atom. The summed E-state index contributed by atoms with van der Waals surface area (Å²) in [6, 6.07) is 9.86. The molecule has 1 aliphatic rings. The fraction of sp³-hybridized carbons (Fsp3) is 0.471. The van der Waals surface area contributed by atoms with Gasteiger partial charge in [0.25, 0.3) is 0 Å². The van der Waals surface area contributed by atoms with Gasteiger partial charge in [-0.25, -0.2) is 0 Å². The summed E-state index contributed by atoms with van der Waals surface area (Å²) in [6.45, 7) is 4.89. The van der Waals surface area contributed by atoms with Gasteiger partial charge in [0.05, 0.1) is 5.75 Å². The first-order valence-electron chi connectivity index (χ1n) is 8.43. The molecule has 1 aromatic heterocycles. The Labute approximate surface area is 166 Å². The molecule has 1 amide bonds. The van der Waals surface area contributed by atoms with Crippen LogP contribution in [-0.2, 0) is 4.79 Å². The maximum Gasteiger partial charge on any atom is 0.233 e. The Morgan fingerprint density at radius 2 is 1.88 bits per heavy atom. The van der Waals surface area contributed by atoms with Crippen LogP contribution in [0.15, 0.2) is 39.0 Å². The number of thioether (sulfide) groups is 2. The lowest BCUT2D eigenvalue weighted by atomic mass is 10.3. The van der Waals surface area contributed by atoms with E-state index in [1.54, 1.807) is 11.8 Å². The zero-order valence-corrected chi connectivity index (χ0v) is 17.1. The number of piperazine rings is 1. The van der Waals surface area contributed by atoms with Gasteiger partial charge >= 0.3 is 0 Å². The van der Waals surface area contributed by atoms with Crippen molar-refractivity contribution in [1.82, 2.24) is 20.0 Å². The van der Waals surface area contributed by atoms with E-state index in [4.69, 9.17) is 4.74 Å². The second-order valence-corrected chi connectivity index (χ2v) is 8.96. The molecular weight excluding hydrogens is 388 g/mol. The second-order valence-electron chi connectivity index (χ2n) is 5.71. The highest BCUT2D eigenvalue weighted by atomic mass is 32.2. The zero-order valence-electron chi connectivity index (χ0n) is 14.7. The molecule has 140 valence electrons. The summed E-state index contributed by atoms with van der Waals surface area (Å²) in [4.78, 5) is 16.7. The first kappa shape index (κ1) is 19.5. The maximum absolute atomic E-state index is 12.4. The van der Waals surface area contributed by atoms with E-state index >= 15 is 0 Å². The van der Waals surface area contributed by atoms with Crippen molar-refractivity contribution in [3.8, 4) is 5.75 Å². The minimum atomic E-state index is 0.177. The van der Waals surface area contributed by atoms with Crippen molar-refractivity contribution in [1.29, 1.82) is 0 Å². The van der Waals surface area contributed by atoms with Crippen LogP contribution in [0.25, 0.3) is 0 Å². The van der Waals surface area contributed by atoms with E-state index in [0.717, 1.165) is 47.2 Å². The molecule has 0 bridgehead atoms. The van der Waals surface area contributed by atoms with E-state index in [-0.39, 0.29) is 5.91 Å². The van der Waals surface area contributed by atoms with Crippen LogP contribution in [0.4, 0.5) is 0 Å². The average Bonchev–Trinajstić information content (AvgIpc) is 3.16. The van der Waals surface area contributed by atoms with Gasteiger partial charge < -0.3 is 9.64 Å². The molecule has 0 unspecified atom stereocenters. The Kier molecular flexibility index (Phi) is 7.60. The van der Waals surface area contributed by atoms with Crippen molar-refractivity contribution in [2.75, 3.05) is 51.3 Å². The molecule has 0 N–H and O–H groups in total. The number of nitrogens with zero attached hydrogens (tertiary/aromatic N) is 4. The highest BCUT2D eigenvalue weighted by Crippen LogP contribution is 2.27. The minimum Gasteiger partial charge on any atom is -0.492 e. The van der Waals surface area contributed by atoms with Gasteiger partial charge in [0, 0.05) is 32.7 Å². The number of amides is 1. The van der Waals surface area contributed by atoms with Gasteiger partial charge in [0.1, 0.15) is 12.4 Å². The van der Waals surface area contributed by atoms with Crippen LogP contribution in [0.5, 0.6) is 5.75 Å². The topological polar surface area (TPSA) is 58.6 Å². The monoisotopic (exact) mass is 410 g/mol. The van der Waals surface area contributed by atoms with Crippen molar-refractivity contribution >= 4 is 40.8 Å². The molecule has 6 nitrogen and oxygen atoms in total. The standard InChI is InChI=1S/C17H22N4O2S3/c1-24-16-18-19-17(26-16)25-13-15(22)21-9-7-20(8-10-21)11-12-23-14-5-3-2-4-6-14/h2-6H,7-13H2,1H3. The SMILES string of the molecule is CSc1nnc(SCC(=O)N2CCN(CCOc3ccccc3)CC2)s1. The molecule has 1 aliphatic heterocycles. The molecule has 0 radical (unpaired) electrons. The normalized spacial score (nSPS) is 15.2. The van der Waals surface area contributed by atoms with Crippen molar-refractivity contribution in [3.05, 3.63) is 30.3 Å². The number of ether oxygens (including phenoxy) is 1. The highest BCUT2D eigenvalue weighted by Gasteiger charge is 2.21. The van der Waals surface area contributed by atoms with Gasteiger partial charge in [-0.3, -0.25) is 9.69 Å². The second kappa shape index (κ2) is 10.1. The summed E-state index contributed by atoms with van der Waals surface area (Å²) in [6.07, 6.45) is 1.98. The van der Waals surface area contributed by atoms with Crippen LogP contribution in [0.1, 0.15) is 0 Å². The molecule has 0 saturated carbocycles. The van der Waals surface area contributed by atoms with Gasteiger partial charge in [-0.15, -0.1) is 10.2 Å². The number of hydrogen-bond donors (Lipinski definition) is 0. The molecule has 1 fully saturated rings. The lowest BCUT2D eigenvalue weighted by Gasteiger charge is -2.34. The van der Waals surface area contributed by atoms with Gasteiger partial charge in [-0.1, -0.05) is 53.1 Å². The number of carbonyl (C=O) groups is 1. The van der Waals surface area contributed by atoms with E-state index in [9.17, 15) is 4.79 Å². The van der Waals surface area contributed by atoms with Crippen molar-refractivity contribution in [2.45, 2.75) is 8.68 Å². The van der Waals surface area contributed by atoms with Gasteiger partial charge in [0.15, 0.2) is 8.68 Å². The third-order valence-corrected chi connectivity index (χ3v) is 7.04. The lowest BCUT2D eigenvalue weighted by molar-refractivity contribution is -0.130. The van der Waals surface area contributed by atoms with Crippen LogP contribution in [0.3, 0.4) is 0 Å². The molecule has 0 atom stereocenters. The molecule has 9 heteroatoms. The molecular formula is C17H22N4O2S3. The van der Waals surface area contributed by atoms with E-state index in [2.05, 4.69) is 15.1 Å². The molecule has 26 heavy (non-hydrogen) atoms. The summed E-state index contributed by atoms with van der Waals surface area (Å²) in [7, 11) is 0. The smallest absolute Gasteiger partial charge is 0.233 e. The predicted octanol–water partition coefficient (Wildman–Crippen LogP) is 2.58. The first-order chi connectivity index (χ1) is 12.7. The number of para-hydroxylation sites is 1. The summed E-state index contributed by atoms with van der Waals surface area (Å²) >= 11 is 4.60. The molecule has 1 saturated heterocycles. The average molecular weight is 411 g/mol. The van der Waals surface area contributed by atoms with E-state index in [1.165, 1.54) is 23.1 Å². The van der Waals surface area contributed by atoms with Crippen LogP contribution in [0, 0.1) is 0 Å². The van der Waals surface area contributed by atoms with Gasteiger partial charge in [-0.05, 0) is 18.4 Å². The van der Waals surface area contributed by atoms with Gasteiger partial charge in [-0.2, -0.15) is 0 Å². The number of benzene rings is 1. The Morgan fingerprint density at radius 1 is 1.15 bits per heavy atom. The number of hydrogen-bond acceptors (Lipinski definition) is 8. The Balaban J connectivity index is 1.33. The van der Waals surface area contributed by atoms with Crippen LogP contribution >= 0.6 is 34.9 Å².